The minimum Gasteiger partial charge on any atom is -0.379 e. The smallest absolute Gasteiger partial charge is 0.229 e. The number of aryl methyl sites for hydroxylation is 1. The summed E-state index contributed by atoms with van der Waals surface area (Å²) in [7, 11) is 0. The van der Waals surface area contributed by atoms with Gasteiger partial charge in [-0.2, -0.15) is 0 Å². The van der Waals surface area contributed by atoms with E-state index in [1.165, 1.54) is 0 Å². The average Bonchev–Trinajstić information content (AvgIpc) is 2.98. The van der Waals surface area contributed by atoms with Crippen molar-refractivity contribution in [3.63, 3.8) is 0 Å². The van der Waals surface area contributed by atoms with E-state index in [0.29, 0.717) is 23.8 Å². The number of ether oxygens (including phenoxy) is 1. The van der Waals surface area contributed by atoms with Gasteiger partial charge in [-0.25, -0.2) is 0 Å². The summed E-state index contributed by atoms with van der Waals surface area (Å²) in [6.07, 6.45) is 0.272. The van der Waals surface area contributed by atoms with Crippen molar-refractivity contribution in [1.82, 2.24) is 9.80 Å². The maximum Gasteiger partial charge on any atom is 0.229 e. The van der Waals surface area contributed by atoms with Crippen molar-refractivity contribution >= 4 is 29.1 Å². The Labute approximate surface area is 153 Å². The fourth-order valence-electron chi connectivity index (χ4n) is 3.21. The Morgan fingerprint density at radius 3 is 2.84 bits per heavy atom. The second-order valence-corrected chi connectivity index (χ2v) is 7.08. The molecule has 2 saturated heterocycles. The molecule has 1 aromatic rings. The first kappa shape index (κ1) is 18.2. The summed E-state index contributed by atoms with van der Waals surface area (Å²) in [5, 5.41) is 3.49. The van der Waals surface area contributed by atoms with E-state index in [1.807, 2.05) is 13.0 Å². The molecule has 0 saturated carbocycles. The zero-order valence-electron chi connectivity index (χ0n) is 14.5. The van der Waals surface area contributed by atoms with Crippen LogP contribution in [-0.4, -0.2) is 67.6 Å². The minimum atomic E-state index is -0.310. The summed E-state index contributed by atoms with van der Waals surface area (Å²) < 4.78 is 5.33. The number of anilines is 1. The maximum absolute atomic E-state index is 12.5. The lowest BCUT2D eigenvalue weighted by atomic mass is 10.1. The molecule has 6 nitrogen and oxygen atoms in total. The fourth-order valence-corrected chi connectivity index (χ4v) is 3.39. The molecule has 25 heavy (non-hydrogen) atoms. The number of carbonyl (C=O) groups is 2. The van der Waals surface area contributed by atoms with Crippen LogP contribution < -0.4 is 5.32 Å². The lowest BCUT2D eigenvalue weighted by Gasteiger charge is -2.28. The highest BCUT2D eigenvalue weighted by Gasteiger charge is 2.34. The van der Waals surface area contributed by atoms with E-state index >= 15 is 0 Å². The highest BCUT2D eigenvalue weighted by molar-refractivity contribution is 6.31. The van der Waals surface area contributed by atoms with E-state index in [9.17, 15) is 9.59 Å². The molecule has 0 aliphatic carbocycles. The van der Waals surface area contributed by atoms with E-state index in [2.05, 4.69) is 10.2 Å². The monoisotopic (exact) mass is 365 g/mol. The van der Waals surface area contributed by atoms with E-state index in [4.69, 9.17) is 16.3 Å². The molecule has 7 heteroatoms. The number of carbonyl (C=O) groups excluding carboxylic acids is 2. The average molecular weight is 366 g/mol. The van der Waals surface area contributed by atoms with Gasteiger partial charge in [0.15, 0.2) is 0 Å². The van der Waals surface area contributed by atoms with Crippen LogP contribution in [0.2, 0.25) is 5.02 Å². The van der Waals surface area contributed by atoms with E-state index in [0.717, 1.165) is 38.4 Å². The van der Waals surface area contributed by atoms with Gasteiger partial charge in [-0.3, -0.25) is 14.5 Å². The maximum atomic E-state index is 12.5. The summed E-state index contributed by atoms with van der Waals surface area (Å²) in [5.41, 5.74) is 1.66. The van der Waals surface area contributed by atoms with Crippen LogP contribution >= 0.6 is 11.6 Å². The van der Waals surface area contributed by atoms with Gasteiger partial charge in [0.05, 0.1) is 19.1 Å². The molecule has 2 aliphatic rings. The van der Waals surface area contributed by atoms with Crippen LogP contribution in [0, 0.1) is 12.8 Å². The SMILES string of the molecule is Cc1ccc(Cl)cc1NC(=O)C1CC(=O)N(CCN2CCOCC2)C1. The summed E-state index contributed by atoms with van der Waals surface area (Å²) in [6, 6.07) is 5.40. The van der Waals surface area contributed by atoms with Gasteiger partial charge in [0, 0.05) is 49.9 Å². The van der Waals surface area contributed by atoms with E-state index < -0.39 is 0 Å². The van der Waals surface area contributed by atoms with Gasteiger partial charge in [-0.05, 0) is 24.6 Å². The molecule has 0 radical (unpaired) electrons. The van der Waals surface area contributed by atoms with Crippen LogP contribution in [0.5, 0.6) is 0 Å². The van der Waals surface area contributed by atoms with Crippen molar-refractivity contribution in [3.05, 3.63) is 28.8 Å². The van der Waals surface area contributed by atoms with Crippen molar-refractivity contribution in [2.24, 2.45) is 5.92 Å². The normalized spacial score (nSPS) is 21.6. The number of benzene rings is 1. The number of hydrogen-bond donors (Lipinski definition) is 1. The molecule has 0 aromatic heterocycles. The van der Waals surface area contributed by atoms with Gasteiger partial charge in [0.25, 0.3) is 0 Å². The summed E-state index contributed by atoms with van der Waals surface area (Å²) >= 11 is 5.99. The Hall–Kier alpha value is -1.63. The van der Waals surface area contributed by atoms with Gasteiger partial charge >= 0.3 is 0 Å². The van der Waals surface area contributed by atoms with Crippen LogP contribution in [0.4, 0.5) is 5.69 Å². The number of amides is 2. The predicted molar refractivity (Wildman–Crippen MR) is 96.8 cm³/mol. The second kappa shape index (κ2) is 8.17. The molecule has 1 aromatic carbocycles. The molecule has 2 heterocycles. The number of nitrogens with one attached hydrogen (secondary N) is 1. The van der Waals surface area contributed by atoms with Crippen LogP contribution in [0.25, 0.3) is 0 Å². The number of morpholine rings is 1. The standard InChI is InChI=1S/C18H24ClN3O3/c1-13-2-3-15(19)11-16(13)20-18(24)14-10-17(23)22(12-14)5-4-21-6-8-25-9-7-21/h2-3,11,14H,4-10,12H2,1H3,(H,20,24). The molecule has 3 rings (SSSR count). The Bertz CT molecular complexity index is 646. The van der Waals surface area contributed by atoms with Crippen LogP contribution in [-0.2, 0) is 14.3 Å². The van der Waals surface area contributed by atoms with Crippen molar-refractivity contribution in [3.8, 4) is 0 Å². The molecule has 136 valence electrons. The lowest BCUT2D eigenvalue weighted by molar-refractivity contribution is -0.128. The Balaban J connectivity index is 1.52. The Morgan fingerprint density at radius 2 is 2.08 bits per heavy atom. The van der Waals surface area contributed by atoms with Gasteiger partial charge in [0.2, 0.25) is 11.8 Å². The molecular formula is C18H24ClN3O3. The summed E-state index contributed by atoms with van der Waals surface area (Å²) in [4.78, 5) is 28.8. The molecule has 2 amide bonds. The fraction of sp³-hybridized carbons (Fsp3) is 0.556. The minimum absolute atomic E-state index is 0.0521. The summed E-state index contributed by atoms with van der Waals surface area (Å²) in [6.45, 7) is 7.19. The number of hydrogen-bond acceptors (Lipinski definition) is 4. The van der Waals surface area contributed by atoms with Crippen molar-refractivity contribution in [2.45, 2.75) is 13.3 Å². The zero-order chi connectivity index (χ0) is 17.8. The first-order valence-electron chi connectivity index (χ1n) is 8.68. The Kier molecular flexibility index (Phi) is 5.93. The number of likely N-dealkylation sites (tertiary alicyclic amines) is 1. The quantitative estimate of drug-likeness (QED) is 0.863. The third kappa shape index (κ3) is 4.71. The molecule has 1 atom stereocenters. The highest BCUT2D eigenvalue weighted by atomic mass is 35.5. The molecule has 1 N–H and O–H groups in total. The van der Waals surface area contributed by atoms with Crippen molar-refractivity contribution < 1.29 is 14.3 Å². The van der Waals surface area contributed by atoms with Gasteiger partial charge in [0.1, 0.15) is 0 Å². The van der Waals surface area contributed by atoms with Gasteiger partial charge in [-0.15, -0.1) is 0 Å². The molecule has 2 aliphatic heterocycles. The third-order valence-corrected chi connectivity index (χ3v) is 5.07. The largest absolute Gasteiger partial charge is 0.379 e. The van der Waals surface area contributed by atoms with Gasteiger partial charge < -0.3 is 15.0 Å². The highest BCUT2D eigenvalue weighted by Crippen LogP contribution is 2.23. The van der Waals surface area contributed by atoms with Crippen molar-refractivity contribution in [2.75, 3.05) is 51.3 Å². The molecule has 0 bridgehead atoms. The number of halogens is 1. The molecule has 2 fully saturated rings. The Morgan fingerprint density at radius 1 is 1.32 bits per heavy atom. The van der Waals surface area contributed by atoms with Crippen LogP contribution in [0.1, 0.15) is 12.0 Å². The predicted octanol–water partition coefficient (Wildman–Crippen LogP) is 1.77. The number of nitrogens with zero attached hydrogens (tertiary/aromatic N) is 2. The molecular weight excluding hydrogens is 342 g/mol. The van der Waals surface area contributed by atoms with E-state index in [1.54, 1.807) is 17.0 Å². The van der Waals surface area contributed by atoms with Gasteiger partial charge in [-0.1, -0.05) is 17.7 Å². The molecule has 0 spiro atoms. The topological polar surface area (TPSA) is 61.9 Å². The first-order valence-corrected chi connectivity index (χ1v) is 9.05. The number of rotatable bonds is 5. The lowest BCUT2D eigenvalue weighted by Crippen LogP contribution is -2.42. The molecule has 1 unspecified atom stereocenters. The first-order chi connectivity index (χ1) is 12.0. The van der Waals surface area contributed by atoms with E-state index in [-0.39, 0.29) is 24.2 Å². The van der Waals surface area contributed by atoms with Crippen LogP contribution in [0.3, 0.4) is 0 Å². The second-order valence-electron chi connectivity index (χ2n) is 6.64. The third-order valence-electron chi connectivity index (χ3n) is 4.83. The zero-order valence-corrected chi connectivity index (χ0v) is 15.2. The van der Waals surface area contributed by atoms with Crippen LogP contribution in [0.15, 0.2) is 18.2 Å². The van der Waals surface area contributed by atoms with Crippen molar-refractivity contribution in [1.29, 1.82) is 0 Å². The summed E-state index contributed by atoms with van der Waals surface area (Å²) in [5.74, 6) is -0.376.